The van der Waals surface area contributed by atoms with Crippen LogP contribution in [-0.4, -0.2) is 16.7 Å². The van der Waals surface area contributed by atoms with Crippen molar-refractivity contribution in [3.63, 3.8) is 0 Å². The zero-order chi connectivity index (χ0) is 14.2. The maximum absolute atomic E-state index is 5.97. The molecule has 21 heavy (non-hydrogen) atoms. The summed E-state index contributed by atoms with van der Waals surface area (Å²) in [6, 6.07) is 9.79. The first-order valence-electron chi connectivity index (χ1n) is 6.74. The Morgan fingerprint density at radius 1 is 1.05 bits per heavy atom. The van der Waals surface area contributed by atoms with Crippen molar-refractivity contribution in [2.75, 3.05) is 12.3 Å². The first-order chi connectivity index (χ1) is 10.3. The van der Waals surface area contributed by atoms with E-state index < -0.39 is 0 Å². The van der Waals surface area contributed by atoms with Gasteiger partial charge in [0.1, 0.15) is 5.75 Å². The van der Waals surface area contributed by atoms with Gasteiger partial charge in [0.05, 0.1) is 12.2 Å². The third-order valence-corrected chi connectivity index (χ3v) is 3.64. The average molecular weight is 279 g/mol. The predicted molar refractivity (Wildman–Crippen MR) is 78.8 cm³/mol. The lowest BCUT2D eigenvalue weighted by Crippen LogP contribution is -1.89. The highest BCUT2D eigenvalue weighted by Crippen LogP contribution is 2.38. The summed E-state index contributed by atoms with van der Waals surface area (Å²) in [5, 5.41) is 3.91. The van der Waals surface area contributed by atoms with Gasteiger partial charge in [0.15, 0.2) is 11.6 Å². The number of nitrogens with zero attached hydrogens (tertiary/aromatic N) is 2. The Hall–Kier alpha value is -2.82. The maximum atomic E-state index is 5.97. The fourth-order valence-electron chi connectivity index (χ4n) is 2.62. The van der Waals surface area contributed by atoms with E-state index in [1.807, 2.05) is 24.3 Å². The fourth-order valence-corrected chi connectivity index (χ4v) is 2.62. The van der Waals surface area contributed by atoms with Crippen LogP contribution in [0, 0.1) is 0 Å². The zero-order valence-corrected chi connectivity index (χ0v) is 11.2. The number of aromatic nitrogens is 2. The molecule has 1 aliphatic heterocycles. The minimum absolute atomic E-state index is 0.382. The quantitative estimate of drug-likeness (QED) is 0.780. The van der Waals surface area contributed by atoms with E-state index in [0.29, 0.717) is 11.6 Å². The smallest absolute Gasteiger partial charge is 0.176 e. The van der Waals surface area contributed by atoms with Gasteiger partial charge in [0.25, 0.3) is 0 Å². The number of ether oxygens (including phenoxy) is 1. The number of hydrogen-bond acceptors (Lipinski definition) is 5. The van der Waals surface area contributed by atoms with Crippen molar-refractivity contribution in [2.45, 2.75) is 6.42 Å². The van der Waals surface area contributed by atoms with Gasteiger partial charge in [0.2, 0.25) is 0 Å². The Morgan fingerprint density at radius 2 is 1.90 bits per heavy atom. The lowest BCUT2D eigenvalue weighted by molar-refractivity contribution is 0.357. The Kier molecular flexibility index (Phi) is 2.64. The lowest BCUT2D eigenvalue weighted by atomic mass is 10.0. The summed E-state index contributed by atoms with van der Waals surface area (Å²) in [4.78, 5) is 4.03. The summed E-state index contributed by atoms with van der Waals surface area (Å²) in [5.74, 6) is 2.00. The van der Waals surface area contributed by atoms with Crippen molar-refractivity contribution in [3.05, 3.63) is 48.3 Å². The van der Waals surface area contributed by atoms with E-state index in [4.69, 9.17) is 15.0 Å². The van der Waals surface area contributed by atoms with Gasteiger partial charge in [-0.1, -0.05) is 5.16 Å². The average Bonchev–Trinajstić information content (AvgIpc) is 3.13. The molecule has 0 saturated carbocycles. The van der Waals surface area contributed by atoms with Gasteiger partial charge < -0.3 is 15.0 Å². The molecule has 0 amide bonds. The first-order valence-corrected chi connectivity index (χ1v) is 6.74. The van der Waals surface area contributed by atoms with Gasteiger partial charge >= 0.3 is 0 Å². The number of nitrogen functional groups attached to an aromatic ring is 1. The van der Waals surface area contributed by atoms with Gasteiger partial charge in [-0.25, -0.2) is 0 Å². The molecular weight excluding hydrogens is 266 g/mol. The lowest BCUT2D eigenvalue weighted by Gasteiger charge is -2.04. The Bertz CT molecular complexity index is 797. The topological polar surface area (TPSA) is 74.2 Å². The molecule has 1 aromatic carbocycles. The fraction of sp³-hybridized carbons (Fsp3) is 0.125. The van der Waals surface area contributed by atoms with Crippen molar-refractivity contribution in [3.8, 4) is 28.2 Å². The van der Waals surface area contributed by atoms with E-state index in [1.165, 1.54) is 5.56 Å². The van der Waals surface area contributed by atoms with E-state index in [1.54, 1.807) is 12.4 Å². The van der Waals surface area contributed by atoms with Gasteiger partial charge in [-0.15, -0.1) is 0 Å². The number of pyridine rings is 1. The van der Waals surface area contributed by atoms with Crippen molar-refractivity contribution >= 4 is 5.82 Å². The molecular formula is C16H13N3O2. The summed E-state index contributed by atoms with van der Waals surface area (Å²) in [5.41, 5.74) is 9.85. The minimum Gasteiger partial charge on any atom is -0.493 e. The van der Waals surface area contributed by atoms with Crippen LogP contribution in [-0.2, 0) is 6.42 Å². The van der Waals surface area contributed by atoms with E-state index in [0.717, 1.165) is 35.5 Å². The third kappa shape index (κ3) is 1.94. The first kappa shape index (κ1) is 12.0. The molecule has 0 aliphatic carbocycles. The third-order valence-electron chi connectivity index (χ3n) is 3.64. The number of fused-ring (bicyclic) bond motifs is 1. The van der Waals surface area contributed by atoms with Gasteiger partial charge in [0, 0.05) is 24.4 Å². The van der Waals surface area contributed by atoms with Crippen molar-refractivity contribution in [1.29, 1.82) is 0 Å². The summed E-state index contributed by atoms with van der Waals surface area (Å²) >= 11 is 0. The molecule has 104 valence electrons. The standard InChI is InChI=1S/C16H13N3O2/c17-16-14(10-3-6-18-7-4-10)15(21-19-16)12-1-2-13-11(9-12)5-8-20-13/h1-4,6-7,9H,5,8H2,(H2,17,19). The van der Waals surface area contributed by atoms with Gasteiger partial charge in [-0.05, 0) is 41.5 Å². The van der Waals surface area contributed by atoms with Crippen LogP contribution in [0.1, 0.15) is 5.56 Å². The monoisotopic (exact) mass is 279 g/mol. The SMILES string of the molecule is Nc1noc(-c2ccc3c(c2)CCO3)c1-c1ccncc1. The molecule has 2 aromatic heterocycles. The number of anilines is 1. The van der Waals surface area contributed by atoms with Gasteiger partial charge in [-0.3, -0.25) is 4.98 Å². The molecule has 0 unspecified atom stereocenters. The molecule has 2 N–H and O–H groups in total. The highest BCUT2D eigenvalue weighted by molar-refractivity contribution is 5.86. The molecule has 0 fully saturated rings. The van der Waals surface area contributed by atoms with E-state index in [2.05, 4.69) is 16.2 Å². The summed E-state index contributed by atoms with van der Waals surface area (Å²) < 4.78 is 11.0. The van der Waals surface area contributed by atoms with Crippen LogP contribution in [0.5, 0.6) is 5.75 Å². The van der Waals surface area contributed by atoms with Crippen LogP contribution >= 0.6 is 0 Å². The van der Waals surface area contributed by atoms with E-state index >= 15 is 0 Å². The molecule has 1 aliphatic rings. The molecule has 0 atom stereocenters. The van der Waals surface area contributed by atoms with Crippen molar-refractivity contribution in [2.24, 2.45) is 0 Å². The predicted octanol–water partition coefficient (Wildman–Crippen LogP) is 2.92. The largest absolute Gasteiger partial charge is 0.493 e. The van der Waals surface area contributed by atoms with E-state index in [-0.39, 0.29) is 0 Å². The van der Waals surface area contributed by atoms with Crippen LogP contribution in [0.25, 0.3) is 22.5 Å². The van der Waals surface area contributed by atoms with Crippen LogP contribution < -0.4 is 10.5 Å². The summed E-state index contributed by atoms with van der Waals surface area (Å²) in [6.45, 7) is 0.731. The molecule has 5 heteroatoms. The normalized spacial score (nSPS) is 13.0. The minimum atomic E-state index is 0.382. The van der Waals surface area contributed by atoms with E-state index in [9.17, 15) is 0 Å². The summed E-state index contributed by atoms with van der Waals surface area (Å²) in [6.07, 6.45) is 4.36. The van der Waals surface area contributed by atoms with Crippen LogP contribution in [0.15, 0.2) is 47.2 Å². The zero-order valence-electron chi connectivity index (χ0n) is 11.2. The maximum Gasteiger partial charge on any atom is 0.176 e. The second kappa shape index (κ2) is 4.63. The Labute approximate surface area is 121 Å². The molecule has 5 nitrogen and oxygen atoms in total. The molecule has 0 saturated heterocycles. The Morgan fingerprint density at radius 3 is 2.76 bits per heavy atom. The second-order valence-corrected chi connectivity index (χ2v) is 4.93. The van der Waals surface area contributed by atoms with Crippen LogP contribution in [0.3, 0.4) is 0 Å². The molecule has 0 bridgehead atoms. The number of hydrogen-bond donors (Lipinski definition) is 1. The molecule has 0 radical (unpaired) electrons. The summed E-state index contributed by atoms with van der Waals surface area (Å²) in [7, 11) is 0. The highest BCUT2D eigenvalue weighted by atomic mass is 16.5. The number of benzene rings is 1. The molecule has 4 rings (SSSR count). The van der Waals surface area contributed by atoms with Crippen molar-refractivity contribution < 1.29 is 9.26 Å². The van der Waals surface area contributed by atoms with Crippen molar-refractivity contribution in [1.82, 2.24) is 10.1 Å². The molecule has 3 aromatic rings. The highest BCUT2D eigenvalue weighted by Gasteiger charge is 2.20. The number of nitrogens with two attached hydrogens (primary N) is 1. The number of rotatable bonds is 2. The van der Waals surface area contributed by atoms with Crippen LogP contribution in [0.2, 0.25) is 0 Å². The second-order valence-electron chi connectivity index (χ2n) is 4.93. The molecule has 0 spiro atoms. The van der Waals surface area contributed by atoms with Gasteiger partial charge in [-0.2, -0.15) is 0 Å². The molecule has 3 heterocycles. The Balaban J connectivity index is 1.87. The van der Waals surface area contributed by atoms with Crippen LogP contribution in [0.4, 0.5) is 5.82 Å².